The Bertz CT molecular complexity index is 1420. The van der Waals surface area contributed by atoms with Crippen LogP contribution in [0.15, 0.2) is 6.33 Å². The third kappa shape index (κ3) is 5.96. The standard InChI is InChI=1S/C27H34N8O7/c28-23-19-24(35(13-30-19)26-21(38)20(37)22(42-26)25(39)31-16-4-5-16)33-17(32-23)3-1-2-14-6-8-34(9-7-14)27(40)41-12-15-10-18(36)29-11-15/h13-16,20-22,26,37-38H,2,4-12H2,(H,29,36)(H,31,39)(H2,28,32,33). The Morgan fingerprint density at radius 3 is 2.67 bits per heavy atom. The van der Waals surface area contributed by atoms with Gasteiger partial charge in [-0.2, -0.15) is 0 Å². The van der Waals surface area contributed by atoms with E-state index in [0.29, 0.717) is 32.5 Å². The molecule has 224 valence electrons. The van der Waals surface area contributed by atoms with Crippen molar-refractivity contribution in [1.82, 2.24) is 35.1 Å². The van der Waals surface area contributed by atoms with Crippen LogP contribution in [0.5, 0.6) is 0 Å². The molecule has 1 saturated carbocycles. The van der Waals surface area contributed by atoms with Gasteiger partial charge < -0.3 is 41.0 Å². The van der Waals surface area contributed by atoms with Crippen molar-refractivity contribution >= 4 is 34.9 Å². The lowest BCUT2D eigenvalue weighted by atomic mass is 9.94. The minimum Gasteiger partial charge on any atom is -0.449 e. The van der Waals surface area contributed by atoms with Gasteiger partial charge in [-0.15, -0.1) is 0 Å². The van der Waals surface area contributed by atoms with Crippen LogP contribution in [0.3, 0.4) is 0 Å². The molecule has 0 bridgehead atoms. The van der Waals surface area contributed by atoms with Crippen LogP contribution in [0.1, 0.15) is 50.6 Å². The zero-order chi connectivity index (χ0) is 29.4. The van der Waals surface area contributed by atoms with Crippen LogP contribution in [-0.4, -0.2) is 103 Å². The first-order valence-electron chi connectivity index (χ1n) is 14.3. The fraction of sp³-hybridized carbons (Fsp3) is 0.630. The number of nitrogens with zero attached hydrogens (tertiary/aromatic N) is 5. The molecule has 3 saturated heterocycles. The number of imidazole rings is 1. The molecule has 42 heavy (non-hydrogen) atoms. The summed E-state index contributed by atoms with van der Waals surface area (Å²) in [7, 11) is 0. The van der Waals surface area contributed by atoms with Gasteiger partial charge in [0, 0.05) is 44.4 Å². The number of aliphatic hydroxyl groups is 2. The van der Waals surface area contributed by atoms with Gasteiger partial charge in [-0.1, -0.05) is 5.92 Å². The number of carbonyl (C=O) groups is 3. The highest BCUT2D eigenvalue weighted by Crippen LogP contribution is 2.33. The van der Waals surface area contributed by atoms with E-state index in [1.807, 2.05) is 0 Å². The van der Waals surface area contributed by atoms with E-state index in [1.165, 1.54) is 10.9 Å². The Morgan fingerprint density at radius 1 is 1.17 bits per heavy atom. The highest BCUT2D eigenvalue weighted by molar-refractivity contribution is 5.83. The third-order valence-corrected chi connectivity index (χ3v) is 8.11. The largest absolute Gasteiger partial charge is 0.449 e. The monoisotopic (exact) mass is 582 g/mol. The lowest BCUT2D eigenvalue weighted by molar-refractivity contribution is -0.137. The number of carbonyl (C=O) groups excluding carboxylic acids is 3. The number of amides is 3. The van der Waals surface area contributed by atoms with Crippen molar-refractivity contribution in [1.29, 1.82) is 0 Å². The second-order valence-corrected chi connectivity index (χ2v) is 11.4. The van der Waals surface area contributed by atoms with Crippen molar-refractivity contribution in [2.75, 3.05) is 32.0 Å². The number of ether oxygens (including phenoxy) is 2. The van der Waals surface area contributed by atoms with E-state index >= 15 is 0 Å². The van der Waals surface area contributed by atoms with Crippen LogP contribution < -0.4 is 16.4 Å². The van der Waals surface area contributed by atoms with E-state index in [2.05, 4.69) is 37.4 Å². The van der Waals surface area contributed by atoms with E-state index < -0.39 is 30.4 Å². The Kier molecular flexibility index (Phi) is 7.84. The van der Waals surface area contributed by atoms with Crippen LogP contribution in [0.25, 0.3) is 11.2 Å². The highest BCUT2D eigenvalue weighted by atomic mass is 16.6. The van der Waals surface area contributed by atoms with Gasteiger partial charge in [0.1, 0.15) is 17.7 Å². The van der Waals surface area contributed by atoms with Crippen LogP contribution in [0.2, 0.25) is 0 Å². The molecule has 2 aromatic heterocycles. The second kappa shape index (κ2) is 11.7. The van der Waals surface area contributed by atoms with E-state index in [4.69, 9.17) is 15.2 Å². The molecule has 5 atom stereocenters. The van der Waals surface area contributed by atoms with Crippen molar-refractivity contribution in [2.45, 2.75) is 69.1 Å². The molecule has 0 spiro atoms. The first-order chi connectivity index (χ1) is 20.3. The number of piperidine rings is 1. The maximum atomic E-state index is 12.5. The van der Waals surface area contributed by atoms with Gasteiger partial charge >= 0.3 is 6.09 Å². The lowest BCUT2D eigenvalue weighted by Gasteiger charge is -2.30. The summed E-state index contributed by atoms with van der Waals surface area (Å²) in [4.78, 5) is 50.8. The number of aliphatic hydroxyl groups excluding tert-OH is 2. The molecule has 3 aliphatic heterocycles. The van der Waals surface area contributed by atoms with Crippen molar-refractivity contribution in [3.8, 4) is 11.8 Å². The number of anilines is 1. The quantitative estimate of drug-likeness (QED) is 0.262. The minimum atomic E-state index is -1.42. The van der Waals surface area contributed by atoms with Gasteiger partial charge in [-0.3, -0.25) is 14.2 Å². The average molecular weight is 583 g/mol. The first kappa shape index (κ1) is 28.1. The van der Waals surface area contributed by atoms with Crippen molar-refractivity contribution in [3.05, 3.63) is 12.2 Å². The molecule has 0 radical (unpaired) electrons. The molecule has 4 aliphatic rings. The Labute approximate surface area is 241 Å². The summed E-state index contributed by atoms with van der Waals surface area (Å²) in [6.07, 6.45) is 0.133. The highest BCUT2D eigenvalue weighted by Gasteiger charge is 2.48. The van der Waals surface area contributed by atoms with Gasteiger partial charge in [-0.25, -0.2) is 19.7 Å². The van der Waals surface area contributed by atoms with Gasteiger partial charge in [0.05, 0.1) is 12.9 Å². The second-order valence-electron chi connectivity index (χ2n) is 11.4. The van der Waals surface area contributed by atoms with Gasteiger partial charge in [-0.05, 0) is 37.5 Å². The molecule has 15 heteroatoms. The minimum absolute atomic E-state index is 0.0129. The molecule has 3 amide bonds. The van der Waals surface area contributed by atoms with Gasteiger partial charge in [0.25, 0.3) is 5.91 Å². The molecule has 2 aromatic rings. The molecule has 6 rings (SSSR count). The summed E-state index contributed by atoms with van der Waals surface area (Å²) in [6.45, 7) is 1.91. The van der Waals surface area contributed by atoms with Gasteiger partial charge in [0.2, 0.25) is 11.7 Å². The molecule has 1 aliphatic carbocycles. The number of likely N-dealkylation sites (tertiary alicyclic amines) is 1. The van der Waals surface area contributed by atoms with Crippen molar-refractivity contribution < 1.29 is 34.1 Å². The molecule has 5 heterocycles. The third-order valence-electron chi connectivity index (χ3n) is 8.11. The molecular formula is C27H34N8O7. The van der Waals surface area contributed by atoms with E-state index in [1.54, 1.807) is 4.90 Å². The molecule has 5 unspecified atom stereocenters. The number of hydrogen-bond acceptors (Lipinski definition) is 11. The number of rotatable bonds is 6. The smallest absolute Gasteiger partial charge is 0.409 e. The molecule has 15 nitrogen and oxygen atoms in total. The lowest BCUT2D eigenvalue weighted by Crippen LogP contribution is -2.43. The Hall–Kier alpha value is -4.00. The number of hydrogen-bond donors (Lipinski definition) is 5. The summed E-state index contributed by atoms with van der Waals surface area (Å²) >= 11 is 0. The van der Waals surface area contributed by atoms with Crippen LogP contribution in [-0.2, 0) is 19.1 Å². The zero-order valence-corrected chi connectivity index (χ0v) is 22.9. The summed E-state index contributed by atoms with van der Waals surface area (Å²) in [6, 6.07) is 0.0783. The normalized spacial score (nSPS) is 27.9. The number of fused-ring (bicyclic) bond motifs is 1. The SMILES string of the molecule is Nc1nc(C#CCC2CCN(C(=O)OCC3CNC(=O)C3)CC2)nc2c1ncn2C1OC(C(=O)NC2CC2)C(O)C1O. The van der Waals surface area contributed by atoms with Crippen molar-refractivity contribution in [2.24, 2.45) is 11.8 Å². The molecule has 4 fully saturated rings. The van der Waals surface area contributed by atoms with Crippen LogP contribution in [0.4, 0.5) is 10.6 Å². The Balaban J connectivity index is 1.05. The van der Waals surface area contributed by atoms with E-state index in [9.17, 15) is 24.6 Å². The fourth-order valence-electron chi connectivity index (χ4n) is 5.45. The van der Waals surface area contributed by atoms with Gasteiger partial charge in [0.15, 0.2) is 23.8 Å². The zero-order valence-electron chi connectivity index (χ0n) is 22.9. The molecule has 0 aromatic carbocycles. The molecule has 6 N–H and O–H groups in total. The summed E-state index contributed by atoms with van der Waals surface area (Å²) in [5.74, 6) is 6.15. The topological polar surface area (TPSA) is 207 Å². The maximum Gasteiger partial charge on any atom is 0.409 e. The maximum absolute atomic E-state index is 12.5. The van der Waals surface area contributed by atoms with Crippen molar-refractivity contribution in [3.63, 3.8) is 0 Å². The number of nitrogen functional groups attached to an aromatic ring is 1. The predicted molar refractivity (Wildman–Crippen MR) is 145 cm³/mol. The summed E-state index contributed by atoms with van der Waals surface area (Å²) < 4.78 is 12.6. The summed E-state index contributed by atoms with van der Waals surface area (Å²) in [5.41, 5.74) is 6.66. The number of aromatic nitrogens is 4. The van der Waals surface area contributed by atoms with Crippen LogP contribution >= 0.6 is 0 Å². The van der Waals surface area contributed by atoms with Crippen LogP contribution in [0, 0.1) is 23.7 Å². The number of nitrogens with two attached hydrogens (primary N) is 1. The predicted octanol–water partition coefficient (Wildman–Crippen LogP) is -0.967. The summed E-state index contributed by atoms with van der Waals surface area (Å²) in [5, 5.41) is 26.7. The fourth-order valence-corrected chi connectivity index (χ4v) is 5.45. The Morgan fingerprint density at radius 2 is 1.95 bits per heavy atom. The average Bonchev–Trinajstić information content (AvgIpc) is 3.39. The molecular weight excluding hydrogens is 548 g/mol. The van der Waals surface area contributed by atoms with E-state index in [-0.39, 0.29) is 59.3 Å². The first-order valence-corrected chi connectivity index (χ1v) is 14.3. The number of nitrogens with one attached hydrogen (secondary N) is 2. The van der Waals surface area contributed by atoms with E-state index in [0.717, 1.165) is 25.7 Å².